The van der Waals surface area contributed by atoms with Crippen molar-refractivity contribution in [1.29, 1.82) is 0 Å². The molecule has 0 fully saturated rings. The molecule has 0 saturated heterocycles. The molecule has 98 valence electrons. The lowest BCUT2D eigenvalue weighted by Gasteiger charge is -2.03. The van der Waals surface area contributed by atoms with E-state index in [4.69, 9.17) is 11.5 Å². The van der Waals surface area contributed by atoms with E-state index in [2.05, 4.69) is 0 Å². The van der Waals surface area contributed by atoms with Gasteiger partial charge in [0.15, 0.2) is 0 Å². The second-order valence-electron chi connectivity index (χ2n) is 3.64. The van der Waals surface area contributed by atoms with E-state index in [1.165, 1.54) is 0 Å². The van der Waals surface area contributed by atoms with Crippen molar-refractivity contribution in [2.24, 2.45) is 0 Å². The summed E-state index contributed by atoms with van der Waals surface area (Å²) in [6, 6.07) is 11.6. The van der Waals surface area contributed by atoms with Crippen LogP contribution in [-0.4, -0.2) is 0 Å². The van der Waals surface area contributed by atoms with Crippen LogP contribution in [0.1, 0.15) is 0 Å². The molecule has 2 heterocycles. The highest BCUT2D eigenvalue weighted by Crippen LogP contribution is 1.93. The molecule has 0 radical (unpaired) electrons. The average molecular weight is 376 g/mol. The molecule has 0 aromatic carbocycles. The van der Waals surface area contributed by atoms with Crippen molar-refractivity contribution in [3.63, 3.8) is 0 Å². The van der Waals surface area contributed by atoms with Crippen LogP contribution >= 0.6 is 0 Å². The van der Waals surface area contributed by atoms with Crippen LogP contribution in [0.2, 0.25) is 0 Å². The van der Waals surface area contributed by atoms with Crippen molar-refractivity contribution >= 4 is 11.6 Å². The molecule has 18 heavy (non-hydrogen) atoms. The molecule has 6 heteroatoms. The molecule has 0 bridgehead atoms. The fourth-order valence-electron chi connectivity index (χ4n) is 1.60. The Hall–Kier alpha value is -1.14. The Morgan fingerprint density at radius 2 is 1.11 bits per heavy atom. The van der Waals surface area contributed by atoms with Gasteiger partial charge in [-0.05, 0) is 12.1 Å². The van der Waals surface area contributed by atoms with Gasteiger partial charge in [-0.3, -0.25) is 11.5 Å². The van der Waals surface area contributed by atoms with Gasteiger partial charge in [-0.1, -0.05) is 12.1 Å². The van der Waals surface area contributed by atoms with Gasteiger partial charge in [0.05, 0.1) is 12.4 Å². The summed E-state index contributed by atoms with van der Waals surface area (Å²) in [4.78, 5) is 0. The van der Waals surface area contributed by atoms with Crippen LogP contribution < -0.4 is 54.6 Å². The van der Waals surface area contributed by atoms with Gasteiger partial charge in [-0.2, -0.15) is 0 Å². The van der Waals surface area contributed by atoms with E-state index >= 15 is 0 Å². The fraction of sp³-hybridized carbons (Fsp3) is 0.167. The highest BCUT2D eigenvalue weighted by atomic mass is 79.9. The first-order valence-corrected chi connectivity index (χ1v) is 5.25. The average Bonchev–Trinajstić information content (AvgIpc) is 2.30. The van der Waals surface area contributed by atoms with E-state index in [-0.39, 0.29) is 34.0 Å². The minimum Gasteiger partial charge on any atom is -1.00 e. The van der Waals surface area contributed by atoms with Crippen LogP contribution in [0, 0.1) is 0 Å². The number of nitrogens with two attached hydrogens (primary N) is 2. The molecule has 0 spiro atoms. The lowest BCUT2D eigenvalue weighted by molar-refractivity contribution is -0.765. The second kappa shape index (κ2) is 8.05. The first-order chi connectivity index (χ1) is 7.77. The third-order valence-corrected chi connectivity index (χ3v) is 2.53. The Morgan fingerprint density at radius 3 is 1.44 bits per heavy atom. The number of aromatic nitrogens is 2. The van der Waals surface area contributed by atoms with Crippen LogP contribution in [0.25, 0.3) is 0 Å². The van der Waals surface area contributed by atoms with E-state index in [1.54, 1.807) is 0 Å². The quantitative estimate of drug-likeness (QED) is 0.525. The van der Waals surface area contributed by atoms with Gasteiger partial charge in [-0.25, -0.2) is 9.13 Å². The number of anilines is 2. The van der Waals surface area contributed by atoms with Crippen molar-refractivity contribution in [2.75, 3.05) is 11.5 Å². The third kappa shape index (κ3) is 4.27. The Bertz CT molecular complexity index is 446. The van der Waals surface area contributed by atoms with E-state index in [1.807, 2.05) is 57.9 Å². The maximum atomic E-state index is 5.85. The van der Waals surface area contributed by atoms with Crippen molar-refractivity contribution in [3.05, 3.63) is 48.8 Å². The molecule has 4 N–H and O–H groups in total. The van der Waals surface area contributed by atoms with Gasteiger partial charge in [0.1, 0.15) is 13.1 Å². The first kappa shape index (κ1) is 16.9. The van der Waals surface area contributed by atoms with Crippen LogP contribution in [0.15, 0.2) is 48.8 Å². The van der Waals surface area contributed by atoms with Gasteiger partial charge in [0.25, 0.3) is 11.6 Å². The van der Waals surface area contributed by atoms with Crippen LogP contribution in [-0.2, 0) is 13.1 Å². The first-order valence-electron chi connectivity index (χ1n) is 5.25. The largest absolute Gasteiger partial charge is 1.00 e. The lowest BCUT2D eigenvalue weighted by atomic mass is 10.4. The Morgan fingerprint density at radius 1 is 0.722 bits per heavy atom. The van der Waals surface area contributed by atoms with Crippen LogP contribution in [0.3, 0.4) is 0 Å². The summed E-state index contributed by atoms with van der Waals surface area (Å²) in [6.45, 7) is 1.62. The van der Waals surface area contributed by atoms with Crippen molar-refractivity contribution in [3.8, 4) is 0 Å². The highest BCUT2D eigenvalue weighted by molar-refractivity contribution is 5.19. The molecule has 0 aliphatic carbocycles. The number of nitrogen functional groups attached to an aromatic ring is 2. The maximum Gasteiger partial charge on any atom is 0.272 e. The number of nitrogens with zero attached hydrogens (tertiary/aromatic N) is 2. The molecule has 2 rings (SSSR count). The maximum absolute atomic E-state index is 5.85. The number of hydrogen-bond acceptors (Lipinski definition) is 2. The monoisotopic (exact) mass is 374 g/mol. The topological polar surface area (TPSA) is 59.8 Å². The smallest absolute Gasteiger partial charge is 0.272 e. The molecule has 4 nitrogen and oxygen atoms in total. The number of hydrogen-bond donors (Lipinski definition) is 2. The van der Waals surface area contributed by atoms with Crippen LogP contribution in [0.5, 0.6) is 0 Å². The molecule has 0 amide bonds. The standard InChI is InChI=1S/C12H14N4.2BrH/c13-11-5-1-3-7-15(11)9-10-16-8-4-2-6-12(16)14;;/h1-8,13-14H,9-10H2;2*1H. The zero-order valence-electron chi connectivity index (χ0n) is 9.84. The Kier molecular flexibility index (Phi) is 7.54. The summed E-state index contributed by atoms with van der Waals surface area (Å²) < 4.78 is 4.00. The molecule has 0 aliphatic rings. The van der Waals surface area contributed by atoms with Crippen molar-refractivity contribution in [2.45, 2.75) is 13.1 Å². The molecule has 0 unspecified atom stereocenters. The van der Waals surface area contributed by atoms with E-state index in [0.29, 0.717) is 0 Å². The minimum absolute atomic E-state index is 0. The number of rotatable bonds is 3. The zero-order chi connectivity index (χ0) is 11.4. The SMILES string of the molecule is Nc1cccc[n+]1CC[n+]1ccccc1N.[Br-].[Br-]. The predicted octanol–water partition coefficient (Wildman–Crippen LogP) is -5.87. The molecule has 0 saturated carbocycles. The van der Waals surface area contributed by atoms with Gasteiger partial charge in [0.2, 0.25) is 0 Å². The van der Waals surface area contributed by atoms with Gasteiger partial charge < -0.3 is 34.0 Å². The zero-order valence-corrected chi connectivity index (χ0v) is 13.0. The summed E-state index contributed by atoms with van der Waals surface area (Å²) in [7, 11) is 0. The predicted molar refractivity (Wildman–Crippen MR) is 62.1 cm³/mol. The molecule has 0 aliphatic heterocycles. The van der Waals surface area contributed by atoms with Gasteiger partial charge in [-0.15, -0.1) is 0 Å². The third-order valence-electron chi connectivity index (χ3n) is 2.53. The van der Waals surface area contributed by atoms with Crippen LogP contribution in [0.4, 0.5) is 11.6 Å². The molecule has 2 aromatic rings. The Labute approximate surface area is 128 Å². The highest BCUT2D eigenvalue weighted by Gasteiger charge is 2.06. The molecular formula is C12H16Br2N4. The summed E-state index contributed by atoms with van der Waals surface area (Å²) in [5.74, 6) is 1.52. The van der Waals surface area contributed by atoms with Crippen molar-refractivity contribution in [1.82, 2.24) is 0 Å². The van der Waals surface area contributed by atoms with Gasteiger partial charge >= 0.3 is 0 Å². The minimum atomic E-state index is 0. The summed E-state index contributed by atoms with van der Waals surface area (Å²) in [5.41, 5.74) is 11.7. The molecular weight excluding hydrogens is 360 g/mol. The summed E-state index contributed by atoms with van der Waals surface area (Å²) in [6.07, 6.45) is 3.93. The number of aryl methyl sites for hydroxylation is 2. The normalized spacial score (nSPS) is 9.11. The van der Waals surface area contributed by atoms with E-state index in [0.717, 1.165) is 24.7 Å². The summed E-state index contributed by atoms with van der Waals surface area (Å²) in [5, 5.41) is 0. The molecule has 0 atom stereocenters. The molecule has 2 aromatic heterocycles. The lowest BCUT2D eigenvalue weighted by Crippen LogP contribution is -3.00. The summed E-state index contributed by atoms with van der Waals surface area (Å²) >= 11 is 0. The number of halogens is 2. The van der Waals surface area contributed by atoms with E-state index < -0.39 is 0 Å². The van der Waals surface area contributed by atoms with Crippen molar-refractivity contribution < 1.29 is 43.1 Å². The Balaban J connectivity index is 0.00000144. The fourth-order valence-corrected chi connectivity index (χ4v) is 1.60. The van der Waals surface area contributed by atoms with E-state index in [9.17, 15) is 0 Å². The van der Waals surface area contributed by atoms with Gasteiger partial charge in [0, 0.05) is 12.1 Å². The number of pyridine rings is 2. The second-order valence-corrected chi connectivity index (χ2v) is 3.64.